The number of halogens is 2. The molecule has 3 heterocycles. The van der Waals surface area contributed by atoms with E-state index in [9.17, 15) is 13.9 Å². The minimum Gasteiger partial charge on any atom is -0.506 e. The van der Waals surface area contributed by atoms with E-state index in [0.29, 0.717) is 30.8 Å². The fourth-order valence-electron chi connectivity index (χ4n) is 4.20. The van der Waals surface area contributed by atoms with Crippen LogP contribution in [0.2, 0.25) is 0 Å². The zero-order chi connectivity index (χ0) is 20.7. The predicted octanol–water partition coefficient (Wildman–Crippen LogP) is 4.05. The first-order valence-electron chi connectivity index (χ1n) is 9.67. The first kappa shape index (κ1) is 20.0. The molecule has 0 aliphatic carbocycles. The zero-order valence-corrected chi connectivity index (χ0v) is 17.5. The molecule has 29 heavy (non-hydrogen) atoms. The summed E-state index contributed by atoms with van der Waals surface area (Å²) in [6.07, 6.45) is 0.109. The predicted molar refractivity (Wildman–Crippen MR) is 111 cm³/mol. The second-order valence-electron chi connectivity index (χ2n) is 8.03. The molecule has 9 heteroatoms. The highest BCUT2D eigenvalue weighted by molar-refractivity contribution is 7.22. The van der Waals surface area contributed by atoms with Crippen LogP contribution < -0.4 is 5.32 Å². The van der Waals surface area contributed by atoms with Crippen LogP contribution in [0.25, 0.3) is 16.0 Å². The summed E-state index contributed by atoms with van der Waals surface area (Å²) in [7, 11) is 1.89. The third-order valence-electron chi connectivity index (χ3n) is 5.38. The van der Waals surface area contributed by atoms with Gasteiger partial charge in [-0.15, -0.1) is 5.10 Å². The van der Waals surface area contributed by atoms with Gasteiger partial charge < -0.3 is 15.3 Å². The van der Waals surface area contributed by atoms with Gasteiger partial charge in [-0.3, -0.25) is 0 Å². The van der Waals surface area contributed by atoms with Gasteiger partial charge in [0.05, 0.1) is 10.9 Å². The Bertz CT molecular complexity index is 963. The monoisotopic (exact) mass is 421 g/mol. The van der Waals surface area contributed by atoms with E-state index in [4.69, 9.17) is 0 Å². The number of nitrogens with zero attached hydrogens (tertiary/aromatic N) is 4. The number of phenolic OH excluding ortho intramolecular Hbond substituents is 1. The van der Waals surface area contributed by atoms with Crippen LogP contribution in [0.5, 0.6) is 5.75 Å². The zero-order valence-electron chi connectivity index (χ0n) is 16.7. The van der Waals surface area contributed by atoms with Crippen molar-refractivity contribution in [1.29, 1.82) is 0 Å². The maximum Gasteiger partial charge on any atom is 0.242 e. The molecular weight excluding hydrogens is 396 g/mol. The largest absolute Gasteiger partial charge is 0.506 e. The fraction of sp³-hybridized carbons (Fsp3) is 0.500. The molecule has 4 rings (SSSR count). The van der Waals surface area contributed by atoms with Gasteiger partial charge in [0.25, 0.3) is 0 Å². The maximum atomic E-state index is 13.1. The molecule has 0 saturated carbocycles. The van der Waals surface area contributed by atoms with Gasteiger partial charge in [0.15, 0.2) is 10.8 Å². The molecule has 1 fully saturated rings. The highest BCUT2D eigenvalue weighted by Crippen LogP contribution is 2.32. The van der Waals surface area contributed by atoms with Gasteiger partial charge in [0.2, 0.25) is 6.43 Å². The SMILES string of the molecule is Cc1cc(C)c(-n2cc3sc(NC[C@@H]4C[C@H](C(F)F)CN(C)C4)nc3n2)c(O)c1. The third kappa shape index (κ3) is 4.20. The number of likely N-dealkylation sites (tertiary alicyclic amines) is 1. The van der Waals surface area contributed by atoms with E-state index in [1.54, 1.807) is 10.7 Å². The molecule has 0 bridgehead atoms. The lowest BCUT2D eigenvalue weighted by atomic mass is 9.89. The number of rotatable bonds is 5. The van der Waals surface area contributed by atoms with Crippen LogP contribution in [0, 0.1) is 25.7 Å². The van der Waals surface area contributed by atoms with E-state index in [1.165, 1.54) is 11.3 Å². The Labute approximate surface area is 172 Å². The summed E-state index contributed by atoms with van der Waals surface area (Å²) in [6, 6.07) is 3.71. The first-order valence-corrected chi connectivity index (χ1v) is 10.5. The van der Waals surface area contributed by atoms with E-state index in [1.807, 2.05) is 38.1 Å². The summed E-state index contributed by atoms with van der Waals surface area (Å²) in [5.41, 5.74) is 3.18. The standard InChI is InChI=1S/C20H25F2N5OS/c1-11-4-12(2)17(15(28)5-11)27-10-16-19(25-27)24-20(29-16)23-7-13-6-14(18(21)22)9-26(3)8-13/h4-5,10,13-14,18,28H,6-9H2,1-3H3,(H,23,24,25)/t13-,14-/m0/s1. The lowest BCUT2D eigenvalue weighted by Gasteiger charge is -2.35. The molecule has 1 saturated heterocycles. The Morgan fingerprint density at radius 1 is 1.31 bits per heavy atom. The number of aromatic hydroxyl groups is 1. The van der Waals surface area contributed by atoms with Crippen LogP contribution in [-0.4, -0.2) is 57.9 Å². The molecule has 0 radical (unpaired) electrons. The summed E-state index contributed by atoms with van der Waals surface area (Å²) in [5, 5.41) is 18.8. The number of nitrogens with one attached hydrogen (secondary N) is 1. The number of alkyl halides is 2. The molecule has 2 N–H and O–H groups in total. The minimum absolute atomic E-state index is 0.163. The number of phenols is 1. The average Bonchev–Trinajstić information content (AvgIpc) is 3.17. The van der Waals surface area contributed by atoms with Crippen molar-refractivity contribution < 1.29 is 13.9 Å². The molecule has 1 aliphatic heterocycles. The van der Waals surface area contributed by atoms with Crippen LogP contribution in [0.1, 0.15) is 17.5 Å². The van der Waals surface area contributed by atoms with Crippen LogP contribution in [-0.2, 0) is 0 Å². The van der Waals surface area contributed by atoms with Crippen molar-refractivity contribution in [3.63, 3.8) is 0 Å². The molecule has 2 atom stereocenters. The van der Waals surface area contributed by atoms with Crippen molar-refractivity contribution in [2.24, 2.45) is 11.8 Å². The molecule has 1 aromatic carbocycles. The van der Waals surface area contributed by atoms with E-state index in [-0.39, 0.29) is 11.7 Å². The van der Waals surface area contributed by atoms with Gasteiger partial charge in [-0.25, -0.2) is 13.5 Å². The van der Waals surface area contributed by atoms with Crippen LogP contribution in [0.4, 0.5) is 13.9 Å². The van der Waals surface area contributed by atoms with Crippen molar-refractivity contribution in [2.45, 2.75) is 26.7 Å². The highest BCUT2D eigenvalue weighted by Gasteiger charge is 2.31. The van der Waals surface area contributed by atoms with Crippen LogP contribution in [0.3, 0.4) is 0 Å². The van der Waals surface area contributed by atoms with Crippen molar-refractivity contribution in [1.82, 2.24) is 19.7 Å². The number of aromatic nitrogens is 3. The fourth-order valence-corrected chi connectivity index (χ4v) is 5.03. The molecule has 0 unspecified atom stereocenters. The molecular formula is C20H25F2N5OS. The Morgan fingerprint density at radius 2 is 2.10 bits per heavy atom. The Hall–Kier alpha value is -2.26. The normalized spacial score (nSPS) is 20.6. The third-order valence-corrected chi connectivity index (χ3v) is 6.32. The van der Waals surface area contributed by atoms with Gasteiger partial charge in [0.1, 0.15) is 11.4 Å². The van der Waals surface area contributed by atoms with Gasteiger partial charge in [-0.1, -0.05) is 17.4 Å². The Kier molecular flexibility index (Phi) is 5.44. The van der Waals surface area contributed by atoms with Crippen molar-refractivity contribution in [3.05, 3.63) is 29.5 Å². The number of anilines is 1. The average molecular weight is 422 g/mol. The number of hydrogen-bond donors (Lipinski definition) is 2. The number of thiazole rings is 1. The summed E-state index contributed by atoms with van der Waals surface area (Å²) in [5.74, 6) is -0.216. The number of aryl methyl sites for hydroxylation is 2. The molecule has 0 amide bonds. The minimum atomic E-state index is -2.27. The van der Waals surface area contributed by atoms with Gasteiger partial charge in [0, 0.05) is 25.6 Å². The number of fused-ring (bicyclic) bond motifs is 1. The summed E-state index contributed by atoms with van der Waals surface area (Å²) >= 11 is 1.48. The molecule has 2 aromatic heterocycles. The topological polar surface area (TPSA) is 66.2 Å². The quantitative estimate of drug-likeness (QED) is 0.651. The lowest BCUT2D eigenvalue weighted by Crippen LogP contribution is -2.42. The second-order valence-corrected chi connectivity index (χ2v) is 9.06. The van der Waals surface area contributed by atoms with Crippen molar-refractivity contribution in [3.8, 4) is 11.4 Å². The second kappa shape index (κ2) is 7.87. The van der Waals surface area contributed by atoms with E-state index in [2.05, 4.69) is 15.4 Å². The molecule has 6 nitrogen and oxygen atoms in total. The molecule has 0 spiro atoms. The number of benzene rings is 1. The van der Waals surface area contributed by atoms with E-state index >= 15 is 0 Å². The maximum absolute atomic E-state index is 13.1. The first-order chi connectivity index (χ1) is 13.8. The van der Waals surface area contributed by atoms with Gasteiger partial charge in [-0.2, -0.15) is 4.98 Å². The van der Waals surface area contributed by atoms with E-state index < -0.39 is 12.3 Å². The smallest absolute Gasteiger partial charge is 0.242 e. The lowest BCUT2D eigenvalue weighted by molar-refractivity contribution is 0.0180. The molecule has 1 aliphatic rings. The van der Waals surface area contributed by atoms with Crippen LogP contribution >= 0.6 is 11.3 Å². The van der Waals surface area contributed by atoms with E-state index in [0.717, 1.165) is 27.5 Å². The Morgan fingerprint density at radius 3 is 2.79 bits per heavy atom. The summed E-state index contributed by atoms with van der Waals surface area (Å²) < 4.78 is 28.8. The summed E-state index contributed by atoms with van der Waals surface area (Å²) in [4.78, 5) is 6.50. The highest BCUT2D eigenvalue weighted by atomic mass is 32.1. The van der Waals surface area contributed by atoms with Crippen molar-refractivity contribution >= 4 is 26.8 Å². The summed E-state index contributed by atoms with van der Waals surface area (Å²) in [6.45, 7) is 5.74. The van der Waals surface area contributed by atoms with Gasteiger partial charge >= 0.3 is 0 Å². The van der Waals surface area contributed by atoms with Crippen molar-refractivity contribution in [2.75, 3.05) is 32.0 Å². The number of piperidine rings is 1. The Balaban J connectivity index is 1.47. The number of hydrogen-bond acceptors (Lipinski definition) is 6. The van der Waals surface area contributed by atoms with Gasteiger partial charge in [-0.05, 0) is 50.4 Å². The molecule has 156 valence electrons. The molecule has 3 aromatic rings. The van der Waals surface area contributed by atoms with Crippen LogP contribution in [0.15, 0.2) is 18.3 Å².